The third-order valence-electron chi connectivity index (χ3n) is 1.87. The van der Waals surface area contributed by atoms with Gasteiger partial charge in [-0.05, 0) is 19.1 Å². The minimum absolute atomic E-state index is 0.508. The van der Waals surface area contributed by atoms with Crippen molar-refractivity contribution < 1.29 is 4.74 Å². The van der Waals surface area contributed by atoms with Crippen molar-refractivity contribution in [1.82, 2.24) is 4.98 Å². The van der Waals surface area contributed by atoms with Crippen LogP contribution in [-0.4, -0.2) is 11.6 Å². The molecule has 0 bridgehead atoms. The molecule has 2 aromatic rings. The van der Waals surface area contributed by atoms with Gasteiger partial charge in [-0.2, -0.15) is 0 Å². The zero-order chi connectivity index (χ0) is 11.4. The number of anilines is 2. The summed E-state index contributed by atoms with van der Waals surface area (Å²) >= 11 is 7.21. The van der Waals surface area contributed by atoms with Crippen LogP contribution in [0.5, 0.6) is 5.75 Å². The predicted molar refractivity (Wildman–Crippen MR) is 68.0 cm³/mol. The van der Waals surface area contributed by atoms with Gasteiger partial charge in [-0.15, -0.1) is 11.3 Å². The quantitative estimate of drug-likeness (QED) is 0.897. The highest BCUT2D eigenvalue weighted by Gasteiger charge is 2.01. The summed E-state index contributed by atoms with van der Waals surface area (Å²) in [6.07, 6.45) is 0. The molecule has 0 saturated carbocycles. The maximum atomic E-state index is 5.74. The molecule has 0 fully saturated rings. The van der Waals surface area contributed by atoms with Crippen LogP contribution < -0.4 is 10.1 Å². The van der Waals surface area contributed by atoms with E-state index >= 15 is 0 Å². The van der Waals surface area contributed by atoms with Crippen LogP contribution in [-0.2, 0) is 0 Å². The standard InChI is InChI=1S/C11H11ClN2OS/c1-2-15-9-5-3-4-8(6-9)13-11-14-10(12)7-16-11/h3-7H,2H2,1H3,(H,13,14). The van der Waals surface area contributed by atoms with Crippen molar-refractivity contribution in [3.8, 4) is 5.75 Å². The van der Waals surface area contributed by atoms with Crippen LogP contribution in [0.4, 0.5) is 10.8 Å². The fourth-order valence-corrected chi connectivity index (χ4v) is 2.12. The molecule has 0 aliphatic rings. The molecule has 0 unspecified atom stereocenters. The van der Waals surface area contributed by atoms with Crippen molar-refractivity contribution in [1.29, 1.82) is 0 Å². The smallest absolute Gasteiger partial charge is 0.188 e. The highest BCUT2D eigenvalue weighted by atomic mass is 35.5. The summed E-state index contributed by atoms with van der Waals surface area (Å²) in [5, 5.41) is 6.24. The van der Waals surface area contributed by atoms with E-state index in [-0.39, 0.29) is 0 Å². The number of nitrogens with one attached hydrogen (secondary N) is 1. The van der Waals surface area contributed by atoms with Gasteiger partial charge in [-0.1, -0.05) is 17.7 Å². The molecule has 1 heterocycles. The summed E-state index contributed by atoms with van der Waals surface area (Å²) in [5.41, 5.74) is 0.942. The molecular formula is C11H11ClN2OS. The third kappa shape index (κ3) is 2.87. The lowest BCUT2D eigenvalue weighted by Crippen LogP contribution is -1.93. The van der Waals surface area contributed by atoms with Gasteiger partial charge >= 0.3 is 0 Å². The zero-order valence-corrected chi connectivity index (χ0v) is 10.3. The van der Waals surface area contributed by atoms with E-state index in [1.807, 2.05) is 31.2 Å². The number of aromatic nitrogens is 1. The fraction of sp³-hybridized carbons (Fsp3) is 0.182. The van der Waals surface area contributed by atoms with Gasteiger partial charge in [0.15, 0.2) is 5.13 Å². The van der Waals surface area contributed by atoms with Gasteiger partial charge in [0.25, 0.3) is 0 Å². The molecule has 1 aromatic carbocycles. The summed E-state index contributed by atoms with van der Waals surface area (Å²) in [6, 6.07) is 7.74. The molecule has 0 saturated heterocycles. The van der Waals surface area contributed by atoms with Crippen molar-refractivity contribution in [2.45, 2.75) is 6.92 Å². The van der Waals surface area contributed by atoms with Gasteiger partial charge in [-0.25, -0.2) is 4.98 Å². The molecular weight excluding hydrogens is 244 g/mol. The van der Waals surface area contributed by atoms with E-state index in [0.29, 0.717) is 11.8 Å². The van der Waals surface area contributed by atoms with Crippen LogP contribution >= 0.6 is 22.9 Å². The molecule has 0 amide bonds. The number of hydrogen-bond acceptors (Lipinski definition) is 4. The summed E-state index contributed by atoms with van der Waals surface area (Å²) < 4.78 is 5.41. The van der Waals surface area contributed by atoms with Gasteiger partial charge in [0.05, 0.1) is 6.61 Å². The summed E-state index contributed by atoms with van der Waals surface area (Å²) in [7, 11) is 0. The largest absolute Gasteiger partial charge is 0.494 e. The molecule has 1 aromatic heterocycles. The Morgan fingerprint density at radius 3 is 3.06 bits per heavy atom. The van der Waals surface area contributed by atoms with Crippen molar-refractivity contribution in [2.24, 2.45) is 0 Å². The topological polar surface area (TPSA) is 34.1 Å². The molecule has 0 aliphatic carbocycles. The molecule has 0 atom stereocenters. The molecule has 84 valence electrons. The SMILES string of the molecule is CCOc1cccc(Nc2nc(Cl)cs2)c1. The predicted octanol–water partition coefficient (Wildman–Crippen LogP) is 3.94. The molecule has 0 aliphatic heterocycles. The first-order valence-electron chi connectivity index (χ1n) is 4.89. The third-order valence-corrected chi connectivity index (χ3v) is 2.95. The monoisotopic (exact) mass is 254 g/mol. The zero-order valence-electron chi connectivity index (χ0n) is 8.74. The van der Waals surface area contributed by atoms with Crippen LogP contribution in [0.15, 0.2) is 29.6 Å². The first-order chi connectivity index (χ1) is 7.78. The summed E-state index contributed by atoms with van der Waals surface area (Å²) in [6.45, 7) is 2.62. The van der Waals surface area contributed by atoms with E-state index in [9.17, 15) is 0 Å². The second-order valence-electron chi connectivity index (χ2n) is 3.06. The van der Waals surface area contributed by atoms with Gasteiger partial charge in [0.1, 0.15) is 10.9 Å². The Morgan fingerprint density at radius 2 is 2.38 bits per heavy atom. The van der Waals surface area contributed by atoms with Crippen molar-refractivity contribution >= 4 is 33.8 Å². The maximum Gasteiger partial charge on any atom is 0.188 e. The normalized spacial score (nSPS) is 10.1. The van der Waals surface area contributed by atoms with E-state index in [2.05, 4.69) is 10.3 Å². The minimum Gasteiger partial charge on any atom is -0.494 e. The van der Waals surface area contributed by atoms with E-state index in [0.717, 1.165) is 16.6 Å². The van der Waals surface area contributed by atoms with E-state index in [4.69, 9.17) is 16.3 Å². The highest BCUT2D eigenvalue weighted by molar-refractivity contribution is 7.14. The second-order valence-corrected chi connectivity index (χ2v) is 4.31. The first-order valence-corrected chi connectivity index (χ1v) is 6.14. The number of hydrogen-bond donors (Lipinski definition) is 1. The maximum absolute atomic E-state index is 5.74. The van der Waals surface area contributed by atoms with E-state index in [1.54, 1.807) is 5.38 Å². The number of ether oxygens (including phenoxy) is 1. The molecule has 0 spiro atoms. The van der Waals surface area contributed by atoms with Crippen LogP contribution in [0.25, 0.3) is 0 Å². The summed E-state index contributed by atoms with van der Waals surface area (Å²) in [4.78, 5) is 4.11. The fourth-order valence-electron chi connectivity index (χ4n) is 1.27. The number of halogens is 1. The summed E-state index contributed by atoms with van der Waals surface area (Å²) in [5.74, 6) is 0.843. The Balaban J connectivity index is 2.12. The minimum atomic E-state index is 0.508. The lowest BCUT2D eigenvalue weighted by molar-refractivity contribution is 0.340. The Bertz CT molecular complexity index is 473. The van der Waals surface area contributed by atoms with Crippen LogP contribution in [0.3, 0.4) is 0 Å². The average Bonchev–Trinajstić information content (AvgIpc) is 2.65. The van der Waals surface area contributed by atoms with Crippen molar-refractivity contribution in [2.75, 3.05) is 11.9 Å². The molecule has 3 nitrogen and oxygen atoms in total. The molecule has 0 radical (unpaired) electrons. The number of thiazole rings is 1. The highest BCUT2D eigenvalue weighted by Crippen LogP contribution is 2.25. The first kappa shape index (κ1) is 11.2. The molecule has 1 N–H and O–H groups in total. The molecule has 5 heteroatoms. The average molecular weight is 255 g/mol. The Hall–Kier alpha value is -1.26. The van der Waals surface area contributed by atoms with Crippen molar-refractivity contribution in [3.63, 3.8) is 0 Å². The van der Waals surface area contributed by atoms with E-state index in [1.165, 1.54) is 11.3 Å². The van der Waals surface area contributed by atoms with Gasteiger partial charge in [0, 0.05) is 17.1 Å². The Kier molecular flexibility index (Phi) is 3.64. The van der Waals surface area contributed by atoms with Crippen LogP contribution in [0, 0.1) is 0 Å². The van der Waals surface area contributed by atoms with Crippen LogP contribution in [0.2, 0.25) is 5.15 Å². The number of benzene rings is 1. The van der Waals surface area contributed by atoms with Crippen molar-refractivity contribution in [3.05, 3.63) is 34.8 Å². The van der Waals surface area contributed by atoms with Crippen LogP contribution in [0.1, 0.15) is 6.92 Å². The van der Waals surface area contributed by atoms with Gasteiger partial charge in [-0.3, -0.25) is 0 Å². The van der Waals surface area contributed by atoms with Gasteiger partial charge in [0.2, 0.25) is 0 Å². The number of rotatable bonds is 4. The van der Waals surface area contributed by atoms with E-state index < -0.39 is 0 Å². The Labute approximate surface area is 103 Å². The Morgan fingerprint density at radius 1 is 1.50 bits per heavy atom. The number of nitrogens with zero attached hydrogens (tertiary/aromatic N) is 1. The second kappa shape index (κ2) is 5.18. The molecule has 16 heavy (non-hydrogen) atoms. The molecule has 2 rings (SSSR count). The lowest BCUT2D eigenvalue weighted by Gasteiger charge is -2.06. The van der Waals surface area contributed by atoms with Gasteiger partial charge < -0.3 is 10.1 Å². The lowest BCUT2D eigenvalue weighted by atomic mass is 10.3.